The lowest BCUT2D eigenvalue weighted by Crippen LogP contribution is -2.12. The molecule has 0 aliphatic heterocycles. The second-order valence-electron chi connectivity index (χ2n) is 15.0. The Hall–Kier alpha value is -4.24. The fraction of sp³-hybridized carbons (Fsp3) is 0.300. The summed E-state index contributed by atoms with van der Waals surface area (Å²) in [5, 5.41) is 2.49. The van der Waals surface area contributed by atoms with Gasteiger partial charge in [-0.3, -0.25) is 4.98 Å². The van der Waals surface area contributed by atoms with E-state index in [9.17, 15) is 0 Å². The van der Waals surface area contributed by atoms with E-state index < -0.39 is 0 Å². The monoisotopic (exact) mass is 565 g/mol. The standard InChI is InChI=1S/C40H43N3/c1-38(2,3)26-15-12-14-25(20-26)29-21-27(39(4,5)6)22-30-31-23-28(40(7,8)9)24-32(37(31)43-36(29)30)33-17-13-18-35(42-33)34-16-10-11-19-41-34/h10-24,43H,1-9H3. The van der Waals surface area contributed by atoms with Gasteiger partial charge in [-0.25, -0.2) is 4.98 Å². The summed E-state index contributed by atoms with van der Waals surface area (Å²) in [6, 6.07) is 30.8. The summed E-state index contributed by atoms with van der Waals surface area (Å²) in [6.07, 6.45) is 1.82. The van der Waals surface area contributed by atoms with Crippen molar-refractivity contribution in [2.45, 2.75) is 78.6 Å². The van der Waals surface area contributed by atoms with Crippen molar-refractivity contribution >= 4 is 21.8 Å². The number of hydrogen-bond acceptors (Lipinski definition) is 2. The highest BCUT2D eigenvalue weighted by molar-refractivity contribution is 6.15. The zero-order valence-electron chi connectivity index (χ0n) is 27.1. The lowest BCUT2D eigenvalue weighted by atomic mass is 9.82. The molecule has 0 aliphatic rings. The maximum atomic E-state index is 5.15. The fourth-order valence-corrected chi connectivity index (χ4v) is 5.79. The number of benzene rings is 3. The van der Waals surface area contributed by atoms with E-state index in [1.165, 1.54) is 44.1 Å². The van der Waals surface area contributed by atoms with Crippen molar-refractivity contribution in [2.75, 3.05) is 0 Å². The molecule has 0 aliphatic carbocycles. The number of aromatic amines is 1. The van der Waals surface area contributed by atoms with Crippen LogP contribution in [0.2, 0.25) is 0 Å². The Bertz CT molecular complexity index is 1960. The quantitative estimate of drug-likeness (QED) is 0.232. The van der Waals surface area contributed by atoms with Crippen LogP contribution in [0.5, 0.6) is 0 Å². The molecule has 43 heavy (non-hydrogen) atoms. The van der Waals surface area contributed by atoms with Gasteiger partial charge in [-0.15, -0.1) is 0 Å². The molecular weight excluding hydrogens is 522 g/mol. The number of rotatable bonds is 3. The van der Waals surface area contributed by atoms with Crippen molar-refractivity contribution in [1.82, 2.24) is 15.0 Å². The van der Waals surface area contributed by atoms with Crippen LogP contribution >= 0.6 is 0 Å². The number of H-pyrrole nitrogens is 1. The van der Waals surface area contributed by atoms with Crippen molar-refractivity contribution in [3.05, 3.63) is 108 Å². The molecule has 0 saturated carbocycles. The van der Waals surface area contributed by atoms with Gasteiger partial charge in [0, 0.05) is 28.1 Å². The first-order chi connectivity index (χ1) is 20.2. The van der Waals surface area contributed by atoms with Crippen LogP contribution in [0.3, 0.4) is 0 Å². The first kappa shape index (κ1) is 28.9. The van der Waals surface area contributed by atoms with Gasteiger partial charge < -0.3 is 4.98 Å². The van der Waals surface area contributed by atoms with E-state index in [1.54, 1.807) is 0 Å². The average Bonchev–Trinajstić information content (AvgIpc) is 3.34. The fourth-order valence-electron chi connectivity index (χ4n) is 5.79. The summed E-state index contributed by atoms with van der Waals surface area (Å²) in [5.41, 5.74) is 12.6. The van der Waals surface area contributed by atoms with Gasteiger partial charge in [0.1, 0.15) is 0 Å². The summed E-state index contributed by atoms with van der Waals surface area (Å²) in [5.74, 6) is 0. The second-order valence-corrected chi connectivity index (χ2v) is 15.0. The molecule has 0 radical (unpaired) electrons. The first-order valence-corrected chi connectivity index (χ1v) is 15.3. The van der Waals surface area contributed by atoms with Crippen LogP contribution in [0.4, 0.5) is 0 Å². The van der Waals surface area contributed by atoms with Crippen LogP contribution in [-0.4, -0.2) is 15.0 Å². The number of nitrogens with zero attached hydrogens (tertiary/aromatic N) is 2. The molecule has 3 heteroatoms. The molecule has 0 spiro atoms. The summed E-state index contributed by atoms with van der Waals surface area (Å²) in [6.45, 7) is 20.6. The van der Waals surface area contributed by atoms with E-state index in [2.05, 4.69) is 133 Å². The molecule has 0 saturated heterocycles. The van der Waals surface area contributed by atoms with Crippen LogP contribution in [0.15, 0.2) is 91.1 Å². The summed E-state index contributed by atoms with van der Waals surface area (Å²) < 4.78 is 0. The molecule has 6 rings (SSSR count). The minimum atomic E-state index is -0.0311. The second kappa shape index (κ2) is 10.2. The zero-order chi connectivity index (χ0) is 30.7. The van der Waals surface area contributed by atoms with Gasteiger partial charge >= 0.3 is 0 Å². The van der Waals surface area contributed by atoms with Crippen LogP contribution in [-0.2, 0) is 16.2 Å². The number of aromatic nitrogens is 3. The molecular formula is C40H43N3. The van der Waals surface area contributed by atoms with E-state index >= 15 is 0 Å². The van der Waals surface area contributed by atoms with Gasteiger partial charge in [-0.05, 0) is 87.0 Å². The van der Waals surface area contributed by atoms with Crippen molar-refractivity contribution in [3.8, 4) is 33.8 Å². The van der Waals surface area contributed by atoms with Gasteiger partial charge in [0.15, 0.2) is 0 Å². The molecule has 0 amide bonds. The van der Waals surface area contributed by atoms with Gasteiger partial charge in [-0.2, -0.15) is 0 Å². The minimum absolute atomic E-state index is 0.00277. The molecule has 3 nitrogen and oxygen atoms in total. The van der Waals surface area contributed by atoms with Gasteiger partial charge in [-0.1, -0.05) is 98.7 Å². The third-order valence-corrected chi connectivity index (χ3v) is 8.54. The number of pyridine rings is 2. The van der Waals surface area contributed by atoms with Crippen LogP contribution in [0.25, 0.3) is 55.6 Å². The largest absolute Gasteiger partial charge is 0.353 e. The average molecular weight is 566 g/mol. The third kappa shape index (κ3) is 5.49. The van der Waals surface area contributed by atoms with E-state index in [-0.39, 0.29) is 16.2 Å². The van der Waals surface area contributed by atoms with E-state index in [4.69, 9.17) is 4.98 Å². The lowest BCUT2D eigenvalue weighted by Gasteiger charge is -2.23. The molecule has 3 aromatic carbocycles. The normalized spacial score (nSPS) is 12.8. The van der Waals surface area contributed by atoms with E-state index in [1.807, 2.05) is 30.5 Å². The van der Waals surface area contributed by atoms with Crippen molar-refractivity contribution in [1.29, 1.82) is 0 Å². The highest BCUT2D eigenvalue weighted by atomic mass is 14.8. The number of nitrogens with one attached hydrogen (secondary N) is 1. The van der Waals surface area contributed by atoms with Crippen molar-refractivity contribution in [2.24, 2.45) is 0 Å². The maximum absolute atomic E-state index is 5.15. The highest BCUT2D eigenvalue weighted by Gasteiger charge is 2.24. The Kier molecular flexibility index (Phi) is 6.84. The van der Waals surface area contributed by atoms with Crippen molar-refractivity contribution < 1.29 is 0 Å². The Morgan fingerprint density at radius 1 is 0.488 bits per heavy atom. The predicted molar refractivity (Wildman–Crippen MR) is 184 cm³/mol. The van der Waals surface area contributed by atoms with Gasteiger partial charge in [0.05, 0.1) is 28.1 Å². The highest BCUT2D eigenvalue weighted by Crippen LogP contribution is 2.43. The predicted octanol–water partition coefficient (Wildman–Crippen LogP) is 11.0. The van der Waals surface area contributed by atoms with Gasteiger partial charge in [0.25, 0.3) is 0 Å². The van der Waals surface area contributed by atoms with Crippen LogP contribution in [0, 0.1) is 0 Å². The van der Waals surface area contributed by atoms with E-state index in [0.29, 0.717) is 0 Å². The molecule has 0 bridgehead atoms. The zero-order valence-corrected chi connectivity index (χ0v) is 27.1. The van der Waals surface area contributed by atoms with Crippen LogP contribution < -0.4 is 0 Å². The Morgan fingerprint density at radius 2 is 1.05 bits per heavy atom. The molecule has 3 aromatic heterocycles. The summed E-state index contributed by atoms with van der Waals surface area (Å²) >= 11 is 0. The molecule has 6 aromatic rings. The Labute approximate surface area is 256 Å². The van der Waals surface area contributed by atoms with Crippen LogP contribution in [0.1, 0.15) is 79.0 Å². The lowest BCUT2D eigenvalue weighted by molar-refractivity contribution is 0.589. The minimum Gasteiger partial charge on any atom is -0.353 e. The number of fused-ring (bicyclic) bond motifs is 3. The smallest absolute Gasteiger partial charge is 0.0893 e. The Morgan fingerprint density at radius 3 is 1.65 bits per heavy atom. The van der Waals surface area contributed by atoms with E-state index in [0.717, 1.165) is 28.2 Å². The Balaban J connectivity index is 1.70. The third-order valence-electron chi connectivity index (χ3n) is 8.54. The van der Waals surface area contributed by atoms with Crippen molar-refractivity contribution in [3.63, 3.8) is 0 Å². The molecule has 0 atom stereocenters. The topological polar surface area (TPSA) is 41.6 Å². The molecule has 0 fully saturated rings. The molecule has 218 valence electrons. The SMILES string of the molecule is CC(C)(C)c1cccc(-c2cc(C(C)(C)C)cc3c2[nH]c2c(-c4cccc(-c5ccccn5)n4)cc(C(C)(C)C)cc23)c1. The summed E-state index contributed by atoms with van der Waals surface area (Å²) in [4.78, 5) is 13.7. The van der Waals surface area contributed by atoms with Gasteiger partial charge in [0.2, 0.25) is 0 Å². The molecule has 1 N–H and O–H groups in total. The maximum Gasteiger partial charge on any atom is 0.0893 e. The first-order valence-electron chi connectivity index (χ1n) is 15.3. The number of hydrogen-bond donors (Lipinski definition) is 1. The molecule has 0 unspecified atom stereocenters. The molecule has 3 heterocycles. The summed E-state index contributed by atoms with van der Waals surface area (Å²) in [7, 11) is 0.